The summed E-state index contributed by atoms with van der Waals surface area (Å²) in [6.07, 6.45) is 4.13. The molecule has 1 atom stereocenters. The molecule has 1 aromatic carbocycles. The van der Waals surface area contributed by atoms with Crippen LogP contribution in [0.4, 0.5) is 0 Å². The third kappa shape index (κ3) is 2.60. The second-order valence-corrected chi connectivity index (χ2v) is 6.79. The molecule has 0 spiro atoms. The Morgan fingerprint density at radius 2 is 2.05 bits per heavy atom. The molecule has 0 saturated heterocycles. The van der Waals surface area contributed by atoms with Crippen LogP contribution in [0, 0.1) is 6.92 Å². The van der Waals surface area contributed by atoms with Crippen LogP contribution in [0.1, 0.15) is 52.1 Å². The van der Waals surface area contributed by atoms with E-state index >= 15 is 0 Å². The fourth-order valence-corrected chi connectivity index (χ4v) is 3.83. The quantitative estimate of drug-likeness (QED) is 0.854. The van der Waals surface area contributed by atoms with E-state index in [1.54, 1.807) is 0 Å². The Kier molecular flexibility index (Phi) is 3.72. The standard InChI is InChI=1S/C17H21NS/c1-12-9-10-16(19-12)17(18-2)15-8-4-7-14(11-15)13-5-3-6-13/h4,7-11,13,17-18H,3,5-6H2,1-2H3. The minimum Gasteiger partial charge on any atom is -0.309 e. The van der Waals surface area contributed by atoms with Crippen LogP contribution in [0.3, 0.4) is 0 Å². The maximum absolute atomic E-state index is 3.46. The van der Waals surface area contributed by atoms with Crippen molar-refractivity contribution in [3.8, 4) is 0 Å². The van der Waals surface area contributed by atoms with Gasteiger partial charge in [-0.05, 0) is 56.0 Å². The number of aryl methyl sites for hydroxylation is 1. The highest BCUT2D eigenvalue weighted by atomic mass is 32.1. The van der Waals surface area contributed by atoms with E-state index in [0.717, 1.165) is 5.92 Å². The van der Waals surface area contributed by atoms with Gasteiger partial charge in [-0.2, -0.15) is 0 Å². The SMILES string of the molecule is CNC(c1cccc(C2CCC2)c1)c1ccc(C)s1. The van der Waals surface area contributed by atoms with Gasteiger partial charge >= 0.3 is 0 Å². The molecule has 2 heteroatoms. The fraction of sp³-hybridized carbons (Fsp3) is 0.412. The maximum atomic E-state index is 3.46. The van der Waals surface area contributed by atoms with Crippen LogP contribution in [0.2, 0.25) is 0 Å². The lowest BCUT2D eigenvalue weighted by Gasteiger charge is -2.27. The van der Waals surface area contributed by atoms with Gasteiger partial charge in [0, 0.05) is 9.75 Å². The molecular weight excluding hydrogens is 250 g/mol. The average Bonchev–Trinajstić information content (AvgIpc) is 2.75. The summed E-state index contributed by atoms with van der Waals surface area (Å²) in [5, 5.41) is 3.46. The van der Waals surface area contributed by atoms with E-state index in [-0.39, 0.29) is 0 Å². The Hall–Kier alpha value is -1.12. The maximum Gasteiger partial charge on any atom is 0.0668 e. The van der Waals surface area contributed by atoms with E-state index in [2.05, 4.69) is 55.7 Å². The van der Waals surface area contributed by atoms with Crippen molar-refractivity contribution in [1.82, 2.24) is 5.32 Å². The van der Waals surface area contributed by atoms with Crippen LogP contribution in [0.25, 0.3) is 0 Å². The van der Waals surface area contributed by atoms with E-state index in [9.17, 15) is 0 Å². The summed E-state index contributed by atoms with van der Waals surface area (Å²) >= 11 is 1.89. The van der Waals surface area contributed by atoms with Gasteiger partial charge in [0.2, 0.25) is 0 Å². The first-order valence-electron chi connectivity index (χ1n) is 7.11. The average molecular weight is 271 g/mol. The summed E-state index contributed by atoms with van der Waals surface area (Å²) in [4.78, 5) is 2.79. The van der Waals surface area contributed by atoms with E-state index in [1.165, 1.54) is 40.1 Å². The van der Waals surface area contributed by atoms with Gasteiger partial charge in [-0.15, -0.1) is 11.3 Å². The number of benzene rings is 1. The Labute approximate surface area is 119 Å². The van der Waals surface area contributed by atoms with E-state index in [1.807, 2.05) is 11.3 Å². The van der Waals surface area contributed by atoms with Gasteiger partial charge in [0.1, 0.15) is 0 Å². The monoisotopic (exact) mass is 271 g/mol. The molecule has 100 valence electrons. The molecule has 1 N–H and O–H groups in total. The number of hydrogen-bond donors (Lipinski definition) is 1. The third-order valence-electron chi connectivity index (χ3n) is 4.15. The molecule has 19 heavy (non-hydrogen) atoms. The summed E-state index contributed by atoms with van der Waals surface area (Å²) in [7, 11) is 2.05. The van der Waals surface area contributed by atoms with Crippen molar-refractivity contribution in [2.24, 2.45) is 0 Å². The summed E-state index contributed by atoms with van der Waals surface area (Å²) in [5.41, 5.74) is 2.92. The fourth-order valence-electron chi connectivity index (χ4n) is 2.82. The molecule has 1 aromatic heterocycles. The first-order chi connectivity index (χ1) is 9.28. The van der Waals surface area contributed by atoms with E-state index in [0.29, 0.717) is 6.04 Å². The Morgan fingerprint density at radius 1 is 1.21 bits per heavy atom. The molecule has 1 heterocycles. The van der Waals surface area contributed by atoms with Crippen molar-refractivity contribution in [2.45, 2.75) is 38.1 Å². The van der Waals surface area contributed by atoms with Crippen LogP contribution >= 0.6 is 11.3 Å². The first-order valence-corrected chi connectivity index (χ1v) is 7.93. The van der Waals surface area contributed by atoms with E-state index < -0.39 is 0 Å². The van der Waals surface area contributed by atoms with Gasteiger partial charge in [0.25, 0.3) is 0 Å². The molecular formula is C17H21NS. The van der Waals surface area contributed by atoms with Gasteiger partial charge in [-0.1, -0.05) is 30.7 Å². The highest BCUT2D eigenvalue weighted by molar-refractivity contribution is 7.12. The number of thiophene rings is 1. The molecule has 1 fully saturated rings. The van der Waals surface area contributed by atoms with Crippen LogP contribution < -0.4 is 5.32 Å². The third-order valence-corrected chi connectivity index (χ3v) is 5.22. The van der Waals surface area contributed by atoms with Crippen molar-refractivity contribution in [1.29, 1.82) is 0 Å². The molecule has 1 saturated carbocycles. The predicted octanol–water partition coefficient (Wildman–Crippen LogP) is 4.63. The van der Waals surface area contributed by atoms with Gasteiger partial charge in [-0.25, -0.2) is 0 Å². The van der Waals surface area contributed by atoms with Gasteiger partial charge in [0.05, 0.1) is 6.04 Å². The van der Waals surface area contributed by atoms with Gasteiger partial charge < -0.3 is 5.32 Å². The number of nitrogens with one attached hydrogen (secondary N) is 1. The minimum atomic E-state index is 0.332. The van der Waals surface area contributed by atoms with Gasteiger partial charge in [0.15, 0.2) is 0 Å². The molecule has 2 aromatic rings. The van der Waals surface area contributed by atoms with Crippen LogP contribution in [0.5, 0.6) is 0 Å². The Balaban J connectivity index is 1.90. The first kappa shape index (κ1) is 12.9. The molecule has 0 amide bonds. The summed E-state index contributed by atoms with van der Waals surface area (Å²) in [5.74, 6) is 0.808. The zero-order chi connectivity index (χ0) is 13.2. The van der Waals surface area contributed by atoms with Crippen molar-refractivity contribution < 1.29 is 0 Å². The molecule has 3 rings (SSSR count). The Bertz CT molecular complexity index is 554. The lowest BCUT2D eigenvalue weighted by molar-refractivity contribution is 0.419. The molecule has 0 radical (unpaired) electrons. The molecule has 1 aliphatic rings. The van der Waals surface area contributed by atoms with Crippen LogP contribution in [0.15, 0.2) is 36.4 Å². The van der Waals surface area contributed by atoms with Crippen molar-refractivity contribution in [3.05, 3.63) is 57.3 Å². The van der Waals surface area contributed by atoms with E-state index in [4.69, 9.17) is 0 Å². The normalized spacial score (nSPS) is 17.2. The second-order valence-electron chi connectivity index (χ2n) is 5.47. The number of rotatable bonds is 4. The van der Waals surface area contributed by atoms with Crippen molar-refractivity contribution in [2.75, 3.05) is 7.05 Å². The highest BCUT2D eigenvalue weighted by Gasteiger charge is 2.21. The van der Waals surface area contributed by atoms with Crippen LogP contribution in [-0.2, 0) is 0 Å². The highest BCUT2D eigenvalue weighted by Crippen LogP contribution is 2.37. The van der Waals surface area contributed by atoms with Crippen LogP contribution in [-0.4, -0.2) is 7.05 Å². The summed E-state index contributed by atoms with van der Waals surface area (Å²) < 4.78 is 0. The largest absolute Gasteiger partial charge is 0.309 e. The molecule has 0 bridgehead atoms. The second kappa shape index (κ2) is 5.48. The molecule has 1 nitrogen and oxygen atoms in total. The topological polar surface area (TPSA) is 12.0 Å². The summed E-state index contributed by atoms with van der Waals surface area (Å²) in [6.45, 7) is 2.17. The zero-order valence-corrected chi connectivity index (χ0v) is 12.5. The van der Waals surface area contributed by atoms with Crippen molar-refractivity contribution >= 4 is 11.3 Å². The number of hydrogen-bond acceptors (Lipinski definition) is 2. The predicted molar refractivity (Wildman–Crippen MR) is 83.0 cm³/mol. The molecule has 1 aliphatic carbocycles. The summed E-state index contributed by atoms with van der Waals surface area (Å²) in [6, 6.07) is 13.9. The minimum absolute atomic E-state index is 0.332. The van der Waals surface area contributed by atoms with Crippen molar-refractivity contribution in [3.63, 3.8) is 0 Å². The molecule has 1 unspecified atom stereocenters. The Morgan fingerprint density at radius 3 is 2.63 bits per heavy atom. The van der Waals surface area contributed by atoms with Gasteiger partial charge in [-0.3, -0.25) is 0 Å². The lowest BCUT2D eigenvalue weighted by Crippen LogP contribution is -2.17. The smallest absolute Gasteiger partial charge is 0.0668 e. The molecule has 0 aliphatic heterocycles. The zero-order valence-electron chi connectivity index (χ0n) is 11.6. The lowest BCUT2D eigenvalue weighted by atomic mass is 9.79.